The topological polar surface area (TPSA) is 21.3 Å². The summed E-state index contributed by atoms with van der Waals surface area (Å²) in [5, 5.41) is 3.33. The molecule has 1 heterocycles. The molecule has 0 saturated carbocycles. The van der Waals surface area contributed by atoms with E-state index in [4.69, 9.17) is 4.74 Å². The van der Waals surface area contributed by atoms with E-state index in [1.165, 1.54) is 12.5 Å². The monoisotopic (exact) mass is 209 g/mol. The molecule has 0 amide bonds. The van der Waals surface area contributed by atoms with E-state index in [1.807, 2.05) is 6.07 Å². The molecule has 1 aliphatic heterocycles. The standard InChI is InChI=1S/C12H16FNO/c1-15-11-7-4-5-9(13)12(11)10-6-2-3-8-14-10/h4-5,7,10,14H,2-3,6,8H2,1H3/t10-/m0/s1. The van der Waals surface area contributed by atoms with Crippen LogP contribution in [0.25, 0.3) is 0 Å². The molecule has 0 aromatic heterocycles. The summed E-state index contributed by atoms with van der Waals surface area (Å²) >= 11 is 0. The van der Waals surface area contributed by atoms with Crippen LogP contribution >= 0.6 is 0 Å². The Labute approximate surface area is 89.4 Å². The second-order valence-corrected chi connectivity index (χ2v) is 3.86. The highest BCUT2D eigenvalue weighted by molar-refractivity contribution is 5.37. The Morgan fingerprint density at radius 2 is 2.27 bits per heavy atom. The summed E-state index contributed by atoms with van der Waals surface area (Å²) < 4.78 is 18.9. The highest BCUT2D eigenvalue weighted by atomic mass is 19.1. The highest BCUT2D eigenvalue weighted by Crippen LogP contribution is 2.32. The van der Waals surface area contributed by atoms with Gasteiger partial charge in [-0.05, 0) is 31.5 Å². The molecule has 1 aromatic carbocycles. The number of piperidine rings is 1. The van der Waals surface area contributed by atoms with Crippen LogP contribution in [0.3, 0.4) is 0 Å². The van der Waals surface area contributed by atoms with Crippen molar-refractivity contribution < 1.29 is 9.13 Å². The van der Waals surface area contributed by atoms with E-state index in [-0.39, 0.29) is 11.9 Å². The minimum Gasteiger partial charge on any atom is -0.496 e. The Morgan fingerprint density at radius 3 is 2.93 bits per heavy atom. The third-order valence-electron chi connectivity index (χ3n) is 2.89. The fourth-order valence-corrected chi connectivity index (χ4v) is 2.13. The van der Waals surface area contributed by atoms with Gasteiger partial charge in [0.15, 0.2) is 0 Å². The summed E-state index contributed by atoms with van der Waals surface area (Å²) in [4.78, 5) is 0. The van der Waals surface area contributed by atoms with Crippen LogP contribution in [0.5, 0.6) is 5.75 Å². The summed E-state index contributed by atoms with van der Waals surface area (Å²) in [6, 6.07) is 5.10. The van der Waals surface area contributed by atoms with E-state index in [0.717, 1.165) is 19.4 Å². The Balaban J connectivity index is 2.31. The average Bonchev–Trinajstić information content (AvgIpc) is 2.29. The number of ether oxygens (including phenoxy) is 1. The molecule has 82 valence electrons. The zero-order valence-electron chi connectivity index (χ0n) is 8.92. The van der Waals surface area contributed by atoms with E-state index in [2.05, 4.69) is 5.32 Å². The van der Waals surface area contributed by atoms with Crippen LogP contribution in [-0.4, -0.2) is 13.7 Å². The predicted molar refractivity (Wildman–Crippen MR) is 57.5 cm³/mol. The largest absolute Gasteiger partial charge is 0.496 e. The van der Waals surface area contributed by atoms with Gasteiger partial charge in [-0.2, -0.15) is 0 Å². The summed E-state index contributed by atoms with van der Waals surface area (Å²) in [5.74, 6) is 0.475. The van der Waals surface area contributed by atoms with E-state index < -0.39 is 0 Å². The summed E-state index contributed by atoms with van der Waals surface area (Å²) in [6.45, 7) is 0.960. The first-order valence-electron chi connectivity index (χ1n) is 5.38. The number of methoxy groups -OCH3 is 1. The second kappa shape index (κ2) is 4.62. The van der Waals surface area contributed by atoms with Gasteiger partial charge in [0.05, 0.1) is 7.11 Å². The molecule has 1 N–H and O–H groups in total. The summed E-state index contributed by atoms with van der Waals surface area (Å²) in [7, 11) is 1.58. The molecule has 2 nitrogen and oxygen atoms in total. The molecule has 1 aromatic rings. The zero-order chi connectivity index (χ0) is 10.7. The first kappa shape index (κ1) is 10.4. The molecule has 1 saturated heterocycles. The van der Waals surface area contributed by atoms with Crippen molar-refractivity contribution in [3.05, 3.63) is 29.6 Å². The van der Waals surface area contributed by atoms with Crippen molar-refractivity contribution in [1.29, 1.82) is 0 Å². The van der Waals surface area contributed by atoms with Crippen molar-refractivity contribution in [3.63, 3.8) is 0 Å². The normalized spacial score (nSPS) is 21.3. The van der Waals surface area contributed by atoms with Crippen molar-refractivity contribution in [3.8, 4) is 5.75 Å². The Hall–Kier alpha value is -1.09. The number of rotatable bonds is 2. The smallest absolute Gasteiger partial charge is 0.131 e. The third-order valence-corrected chi connectivity index (χ3v) is 2.89. The number of nitrogens with one attached hydrogen (secondary N) is 1. The molecule has 3 heteroatoms. The average molecular weight is 209 g/mol. The van der Waals surface area contributed by atoms with E-state index >= 15 is 0 Å². The fraction of sp³-hybridized carbons (Fsp3) is 0.500. The van der Waals surface area contributed by atoms with Gasteiger partial charge >= 0.3 is 0 Å². The van der Waals surface area contributed by atoms with Crippen LogP contribution in [0, 0.1) is 5.82 Å². The van der Waals surface area contributed by atoms with Gasteiger partial charge in [0.2, 0.25) is 0 Å². The molecule has 0 bridgehead atoms. The van der Waals surface area contributed by atoms with Crippen LogP contribution < -0.4 is 10.1 Å². The Morgan fingerprint density at radius 1 is 1.40 bits per heavy atom. The van der Waals surface area contributed by atoms with E-state index in [1.54, 1.807) is 13.2 Å². The van der Waals surface area contributed by atoms with Crippen molar-refractivity contribution in [2.45, 2.75) is 25.3 Å². The molecule has 0 aliphatic carbocycles. The SMILES string of the molecule is COc1cccc(F)c1[C@@H]1CCCCN1. The van der Waals surface area contributed by atoms with Crippen molar-refractivity contribution in [2.75, 3.05) is 13.7 Å². The molecule has 0 spiro atoms. The highest BCUT2D eigenvalue weighted by Gasteiger charge is 2.21. The molecule has 1 atom stereocenters. The Kier molecular flexibility index (Phi) is 3.21. The minimum absolute atomic E-state index is 0.106. The van der Waals surface area contributed by atoms with Gasteiger partial charge in [-0.1, -0.05) is 12.5 Å². The van der Waals surface area contributed by atoms with Crippen LogP contribution in [0.4, 0.5) is 4.39 Å². The molecular formula is C12H16FNO. The number of benzene rings is 1. The maximum Gasteiger partial charge on any atom is 0.131 e. The van der Waals surface area contributed by atoms with Crippen LogP contribution in [0.1, 0.15) is 30.9 Å². The maximum atomic E-state index is 13.7. The van der Waals surface area contributed by atoms with Gasteiger partial charge in [-0.3, -0.25) is 0 Å². The molecule has 0 unspecified atom stereocenters. The second-order valence-electron chi connectivity index (χ2n) is 3.86. The molecule has 1 fully saturated rings. The van der Waals surface area contributed by atoms with Crippen molar-refractivity contribution in [1.82, 2.24) is 5.32 Å². The molecule has 1 aliphatic rings. The lowest BCUT2D eigenvalue weighted by Crippen LogP contribution is -2.27. The number of hydrogen-bond acceptors (Lipinski definition) is 2. The van der Waals surface area contributed by atoms with Gasteiger partial charge < -0.3 is 10.1 Å². The molecular weight excluding hydrogens is 193 g/mol. The fourth-order valence-electron chi connectivity index (χ4n) is 2.13. The quantitative estimate of drug-likeness (QED) is 0.808. The lowest BCUT2D eigenvalue weighted by atomic mass is 9.96. The van der Waals surface area contributed by atoms with Crippen LogP contribution in [0.2, 0.25) is 0 Å². The molecule has 15 heavy (non-hydrogen) atoms. The predicted octanol–water partition coefficient (Wildman–Crippen LogP) is 2.65. The van der Waals surface area contributed by atoms with Crippen molar-refractivity contribution in [2.24, 2.45) is 0 Å². The van der Waals surface area contributed by atoms with Crippen LogP contribution in [0.15, 0.2) is 18.2 Å². The number of hydrogen-bond donors (Lipinski definition) is 1. The molecule has 0 radical (unpaired) electrons. The van der Waals surface area contributed by atoms with E-state index in [0.29, 0.717) is 11.3 Å². The molecule has 2 rings (SSSR count). The lowest BCUT2D eigenvalue weighted by Gasteiger charge is -2.25. The van der Waals surface area contributed by atoms with Gasteiger partial charge in [0, 0.05) is 11.6 Å². The minimum atomic E-state index is -0.172. The third kappa shape index (κ3) is 2.12. The van der Waals surface area contributed by atoms with Gasteiger partial charge in [0.1, 0.15) is 11.6 Å². The number of halogens is 1. The lowest BCUT2D eigenvalue weighted by molar-refractivity contribution is 0.362. The van der Waals surface area contributed by atoms with Crippen molar-refractivity contribution >= 4 is 0 Å². The first-order valence-corrected chi connectivity index (χ1v) is 5.38. The van der Waals surface area contributed by atoms with E-state index in [9.17, 15) is 4.39 Å². The first-order chi connectivity index (χ1) is 7.33. The van der Waals surface area contributed by atoms with Gasteiger partial charge in [-0.15, -0.1) is 0 Å². The summed E-state index contributed by atoms with van der Waals surface area (Å²) in [6.07, 6.45) is 3.31. The van der Waals surface area contributed by atoms with Crippen LogP contribution in [-0.2, 0) is 0 Å². The van der Waals surface area contributed by atoms with Gasteiger partial charge in [0.25, 0.3) is 0 Å². The zero-order valence-corrected chi connectivity index (χ0v) is 8.92. The summed E-state index contributed by atoms with van der Waals surface area (Å²) in [5.41, 5.74) is 0.680. The Bertz CT molecular complexity index is 334. The maximum absolute atomic E-state index is 13.7. The van der Waals surface area contributed by atoms with Gasteiger partial charge in [-0.25, -0.2) is 4.39 Å².